The summed E-state index contributed by atoms with van der Waals surface area (Å²) < 4.78 is 4.97. The number of phenolic OH excluding ortho intramolecular Hbond substituents is 1. The van der Waals surface area contributed by atoms with Gasteiger partial charge >= 0.3 is 6.03 Å². The van der Waals surface area contributed by atoms with Crippen molar-refractivity contribution in [1.29, 1.82) is 0 Å². The van der Waals surface area contributed by atoms with E-state index >= 15 is 0 Å². The summed E-state index contributed by atoms with van der Waals surface area (Å²) in [4.78, 5) is 25.7. The van der Waals surface area contributed by atoms with Gasteiger partial charge in [0.15, 0.2) is 11.5 Å². The first kappa shape index (κ1) is 16.9. The zero-order chi connectivity index (χ0) is 18.0. The Hall–Kier alpha value is -2.99. The Morgan fingerprint density at radius 1 is 1.20 bits per heavy atom. The number of methoxy groups -OCH3 is 1. The molecule has 0 radical (unpaired) electrons. The van der Waals surface area contributed by atoms with Crippen molar-refractivity contribution in [2.45, 2.75) is 6.54 Å². The molecule has 0 aliphatic carbocycles. The topological polar surface area (TPSA) is 78.9 Å². The Labute approximate surface area is 149 Å². The number of carbonyl (C=O) groups excluding carboxylic acids is 2. The summed E-state index contributed by atoms with van der Waals surface area (Å²) in [5, 5.41) is 12.9. The fourth-order valence-electron chi connectivity index (χ4n) is 2.45. The molecule has 0 unspecified atom stereocenters. The second-order valence-electron chi connectivity index (χ2n) is 5.44. The van der Waals surface area contributed by atoms with Crippen molar-refractivity contribution < 1.29 is 19.4 Å². The quantitative estimate of drug-likeness (QED) is 0.650. The number of hydrogen-bond donors (Lipinski definition) is 2. The number of imide groups is 1. The number of nitrogens with one attached hydrogen (secondary N) is 1. The molecule has 1 aliphatic heterocycles. The molecule has 0 atom stereocenters. The number of aromatic hydroxyl groups is 1. The Balaban J connectivity index is 1.80. The summed E-state index contributed by atoms with van der Waals surface area (Å²) >= 11 is 5.84. The van der Waals surface area contributed by atoms with Crippen LogP contribution < -0.4 is 10.1 Å². The van der Waals surface area contributed by atoms with Gasteiger partial charge in [0.2, 0.25) is 0 Å². The molecule has 128 valence electrons. The van der Waals surface area contributed by atoms with Crippen molar-refractivity contribution in [2.24, 2.45) is 0 Å². The second kappa shape index (κ2) is 6.86. The first-order valence-corrected chi connectivity index (χ1v) is 7.81. The van der Waals surface area contributed by atoms with Crippen molar-refractivity contribution in [3.05, 3.63) is 64.3 Å². The van der Waals surface area contributed by atoms with Crippen LogP contribution in [0.15, 0.2) is 48.2 Å². The van der Waals surface area contributed by atoms with E-state index < -0.39 is 11.9 Å². The van der Waals surface area contributed by atoms with Crippen molar-refractivity contribution in [2.75, 3.05) is 7.11 Å². The number of halogens is 1. The van der Waals surface area contributed by atoms with Crippen LogP contribution in [0.3, 0.4) is 0 Å². The summed E-state index contributed by atoms with van der Waals surface area (Å²) in [7, 11) is 1.45. The molecular formula is C18H15ClN2O4. The van der Waals surface area contributed by atoms with Gasteiger partial charge in [-0.2, -0.15) is 0 Å². The number of hydrogen-bond acceptors (Lipinski definition) is 4. The number of nitrogens with zero attached hydrogens (tertiary/aromatic N) is 1. The predicted octanol–water partition coefficient (Wildman–Crippen LogP) is 3.15. The van der Waals surface area contributed by atoms with Crippen LogP contribution in [0, 0.1) is 0 Å². The van der Waals surface area contributed by atoms with Gasteiger partial charge < -0.3 is 15.2 Å². The molecule has 0 aromatic heterocycles. The molecule has 3 amide bonds. The lowest BCUT2D eigenvalue weighted by molar-refractivity contribution is -0.123. The van der Waals surface area contributed by atoms with Crippen LogP contribution in [0.1, 0.15) is 11.1 Å². The van der Waals surface area contributed by atoms with E-state index in [9.17, 15) is 14.7 Å². The molecule has 2 aromatic rings. The minimum absolute atomic E-state index is 0.0494. The molecule has 1 aliphatic rings. The van der Waals surface area contributed by atoms with Crippen LogP contribution in [0.5, 0.6) is 11.5 Å². The summed E-state index contributed by atoms with van der Waals surface area (Å²) in [6.07, 6.45) is 1.50. The second-order valence-corrected chi connectivity index (χ2v) is 5.87. The van der Waals surface area contributed by atoms with Gasteiger partial charge in [0, 0.05) is 5.02 Å². The van der Waals surface area contributed by atoms with Crippen molar-refractivity contribution >= 4 is 29.6 Å². The highest BCUT2D eigenvalue weighted by Gasteiger charge is 2.33. The van der Waals surface area contributed by atoms with E-state index in [1.807, 2.05) is 0 Å². The summed E-state index contributed by atoms with van der Waals surface area (Å²) in [5.41, 5.74) is 1.50. The van der Waals surface area contributed by atoms with Crippen LogP contribution >= 0.6 is 11.6 Å². The van der Waals surface area contributed by atoms with Gasteiger partial charge in [-0.25, -0.2) is 4.79 Å². The molecule has 0 saturated carbocycles. The monoisotopic (exact) mass is 358 g/mol. The third-order valence-electron chi connectivity index (χ3n) is 3.73. The Kier molecular flexibility index (Phi) is 4.63. The van der Waals surface area contributed by atoms with E-state index in [4.69, 9.17) is 16.3 Å². The molecule has 1 fully saturated rings. The van der Waals surface area contributed by atoms with Gasteiger partial charge in [-0.05, 0) is 41.5 Å². The summed E-state index contributed by atoms with van der Waals surface area (Å²) in [6.45, 7) is 0.146. The van der Waals surface area contributed by atoms with Gasteiger partial charge in [-0.1, -0.05) is 29.8 Å². The Morgan fingerprint density at radius 2 is 1.92 bits per heavy atom. The average molecular weight is 359 g/mol. The Bertz CT molecular complexity index is 862. The van der Waals surface area contributed by atoms with E-state index in [2.05, 4.69) is 5.32 Å². The highest BCUT2D eigenvalue weighted by molar-refractivity contribution is 6.30. The molecule has 0 spiro atoms. The molecular weight excluding hydrogens is 344 g/mol. The smallest absolute Gasteiger partial charge is 0.329 e. The van der Waals surface area contributed by atoms with Crippen LogP contribution in [0.25, 0.3) is 6.08 Å². The van der Waals surface area contributed by atoms with Crippen LogP contribution in [0.4, 0.5) is 4.79 Å². The first-order valence-electron chi connectivity index (χ1n) is 7.44. The number of phenols is 1. The molecule has 0 bridgehead atoms. The maximum atomic E-state index is 12.5. The van der Waals surface area contributed by atoms with Crippen molar-refractivity contribution in [3.8, 4) is 11.5 Å². The number of benzene rings is 2. The highest BCUT2D eigenvalue weighted by atomic mass is 35.5. The third-order valence-corrected chi connectivity index (χ3v) is 3.98. The zero-order valence-electron chi connectivity index (χ0n) is 13.3. The highest BCUT2D eigenvalue weighted by Crippen LogP contribution is 2.27. The first-order chi connectivity index (χ1) is 12.0. The molecule has 3 rings (SSSR count). The number of rotatable bonds is 4. The van der Waals surface area contributed by atoms with E-state index in [0.717, 1.165) is 10.5 Å². The van der Waals surface area contributed by atoms with Gasteiger partial charge in [0.1, 0.15) is 5.70 Å². The average Bonchev–Trinajstić information content (AvgIpc) is 2.84. The van der Waals surface area contributed by atoms with Crippen LogP contribution in [0.2, 0.25) is 5.02 Å². The normalized spacial score (nSPS) is 15.6. The molecule has 1 saturated heterocycles. The van der Waals surface area contributed by atoms with Crippen LogP contribution in [-0.2, 0) is 11.3 Å². The number of carbonyl (C=O) groups is 2. The summed E-state index contributed by atoms with van der Waals surface area (Å²) in [6, 6.07) is 11.1. The largest absolute Gasteiger partial charge is 0.504 e. The molecule has 1 heterocycles. The van der Waals surface area contributed by atoms with Gasteiger partial charge in [0.05, 0.1) is 13.7 Å². The zero-order valence-corrected chi connectivity index (χ0v) is 14.1. The molecule has 25 heavy (non-hydrogen) atoms. The lowest BCUT2D eigenvalue weighted by atomic mass is 10.1. The van der Waals surface area contributed by atoms with Gasteiger partial charge in [-0.3, -0.25) is 9.69 Å². The maximum absolute atomic E-state index is 12.5. The molecule has 6 nitrogen and oxygen atoms in total. The molecule has 2 aromatic carbocycles. The van der Waals surface area contributed by atoms with Crippen molar-refractivity contribution in [3.63, 3.8) is 0 Å². The lowest BCUT2D eigenvalue weighted by Crippen LogP contribution is -2.30. The number of amides is 3. The van der Waals surface area contributed by atoms with Crippen LogP contribution in [-0.4, -0.2) is 29.1 Å². The number of urea groups is 1. The van der Waals surface area contributed by atoms with Crippen molar-refractivity contribution in [1.82, 2.24) is 10.2 Å². The van der Waals surface area contributed by atoms with E-state index in [1.165, 1.54) is 19.3 Å². The predicted molar refractivity (Wildman–Crippen MR) is 93.2 cm³/mol. The van der Waals surface area contributed by atoms with Gasteiger partial charge in [-0.15, -0.1) is 0 Å². The SMILES string of the molecule is COc1ccc(C=C2NC(=O)N(Cc3ccc(Cl)cc3)C2=O)cc1O. The molecule has 2 N–H and O–H groups in total. The lowest BCUT2D eigenvalue weighted by Gasteiger charge is -2.11. The minimum atomic E-state index is -0.496. The third kappa shape index (κ3) is 3.59. The maximum Gasteiger partial charge on any atom is 0.329 e. The van der Waals surface area contributed by atoms with E-state index in [0.29, 0.717) is 16.3 Å². The fraction of sp³-hybridized carbons (Fsp3) is 0.111. The number of ether oxygens (including phenoxy) is 1. The standard InChI is InChI=1S/C18H15ClN2O4/c1-25-16-7-4-12(9-15(16)22)8-14-17(23)21(18(24)20-14)10-11-2-5-13(19)6-3-11/h2-9,22H,10H2,1H3,(H,20,24). The Morgan fingerprint density at radius 3 is 2.56 bits per heavy atom. The summed E-state index contributed by atoms with van der Waals surface area (Å²) in [5.74, 6) is -0.157. The van der Waals surface area contributed by atoms with E-state index in [1.54, 1.807) is 36.4 Å². The van der Waals surface area contributed by atoms with E-state index in [-0.39, 0.29) is 18.0 Å². The molecule has 7 heteroatoms. The van der Waals surface area contributed by atoms with Gasteiger partial charge in [0.25, 0.3) is 5.91 Å². The minimum Gasteiger partial charge on any atom is -0.504 e. The fourth-order valence-corrected chi connectivity index (χ4v) is 2.58.